The highest BCUT2D eigenvalue weighted by molar-refractivity contribution is 5.81. The van der Waals surface area contributed by atoms with Crippen LogP contribution < -0.4 is 0 Å². The third-order valence-corrected chi connectivity index (χ3v) is 4.32. The zero-order valence-electron chi connectivity index (χ0n) is 18.2. The van der Waals surface area contributed by atoms with Crippen molar-refractivity contribution in [2.75, 3.05) is 13.2 Å². The molecule has 1 rings (SSSR count). The number of unbranched alkanes of at least 4 members (excludes halogenated alkanes) is 8. The zero-order chi connectivity index (χ0) is 21.6. The smallest absolute Gasteiger partial charge is 0.330 e. The van der Waals surface area contributed by atoms with E-state index >= 15 is 0 Å². The maximum Gasteiger partial charge on any atom is 0.330 e. The molecule has 1 saturated heterocycles. The van der Waals surface area contributed by atoms with Gasteiger partial charge in [0.25, 0.3) is 0 Å². The van der Waals surface area contributed by atoms with Crippen LogP contribution in [0, 0.1) is 0 Å². The van der Waals surface area contributed by atoms with E-state index < -0.39 is 5.97 Å². The summed E-state index contributed by atoms with van der Waals surface area (Å²) in [6.07, 6.45) is 23.6. The number of carbonyl (C=O) groups excluding carboxylic acids is 1. The molecular weight excluding hydrogens is 368 g/mol. The second-order valence-electron chi connectivity index (χ2n) is 7.16. The van der Waals surface area contributed by atoms with E-state index in [-0.39, 0.29) is 12.1 Å². The molecule has 1 N–H and O–H groups in total. The van der Waals surface area contributed by atoms with E-state index in [1.54, 1.807) is 0 Å². The number of carboxylic acids is 1. The molecule has 5 nitrogen and oxygen atoms in total. The molecule has 0 bridgehead atoms. The van der Waals surface area contributed by atoms with Crippen molar-refractivity contribution in [2.24, 2.45) is 0 Å². The largest absolute Gasteiger partial charge is 0.481 e. The number of epoxide rings is 1. The molecule has 0 aliphatic carbocycles. The summed E-state index contributed by atoms with van der Waals surface area (Å²) in [4.78, 5) is 20.7. The molecule has 0 radical (unpaired) electrons. The Morgan fingerprint density at radius 2 is 1.59 bits per heavy atom. The van der Waals surface area contributed by atoms with E-state index in [2.05, 4.69) is 42.5 Å². The molecule has 1 aliphatic rings. The van der Waals surface area contributed by atoms with Crippen molar-refractivity contribution in [3.05, 3.63) is 37.0 Å². The van der Waals surface area contributed by atoms with Gasteiger partial charge in [-0.15, -0.1) is 0 Å². The quantitative estimate of drug-likeness (QED) is 0.105. The van der Waals surface area contributed by atoms with Crippen LogP contribution in [0.1, 0.15) is 84.0 Å². The molecular formula is C24H40O5. The van der Waals surface area contributed by atoms with Gasteiger partial charge in [0, 0.05) is 12.5 Å². The zero-order valence-corrected chi connectivity index (χ0v) is 18.2. The number of carboxylic acid groups (broad SMARTS) is 1. The molecule has 1 atom stereocenters. The molecule has 29 heavy (non-hydrogen) atoms. The van der Waals surface area contributed by atoms with Crippen molar-refractivity contribution < 1.29 is 24.2 Å². The molecule has 1 heterocycles. The Balaban J connectivity index is 0.000000717. The number of allylic oxidation sites excluding steroid dienone is 4. The minimum absolute atomic E-state index is 0.147. The average Bonchev–Trinajstić information content (AvgIpc) is 3.54. The van der Waals surface area contributed by atoms with Gasteiger partial charge in [-0.2, -0.15) is 0 Å². The van der Waals surface area contributed by atoms with Crippen molar-refractivity contribution in [3.8, 4) is 0 Å². The van der Waals surface area contributed by atoms with Gasteiger partial charge in [0.05, 0.1) is 6.61 Å². The number of esters is 1. The third-order valence-electron chi connectivity index (χ3n) is 4.32. The minimum Gasteiger partial charge on any atom is -0.481 e. The molecule has 0 aromatic rings. The number of hydrogen-bond acceptors (Lipinski definition) is 4. The average molecular weight is 409 g/mol. The van der Waals surface area contributed by atoms with Crippen molar-refractivity contribution in [2.45, 2.75) is 90.1 Å². The third kappa shape index (κ3) is 24.1. The number of hydrogen-bond donors (Lipinski definition) is 1. The Morgan fingerprint density at radius 1 is 1.00 bits per heavy atom. The summed E-state index contributed by atoms with van der Waals surface area (Å²) >= 11 is 0. The van der Waals surface area contributed by atoms with Gasteiger partial charge in [-0.3, -0.25) is 4.79 Å². The van der Waals surface area contributed by atoms with E-state index in [4.69, 9.17) is 9.84 Å². The van der Waals surface area contributed by atoms with Crippen LogP contribution in [0.15, 0.2) is 37.0 Å². The van der Waals surface area contributed by atoms with E-state index in [1.165, 1.54) is 44.9 Å². The van der Waals surface area contributed by atoms with Gasteiger partial charge in [-0.05, 0) is 38.5 Å². The Bertz CT molecular complexity index is 478. The topological polar surface area (TPSA) is 76.1 Å². The molecule has 0 amide bonds. The van der Waals surface area contributed by atoms with Crippen molar-refractivity contribution in [3.63, 3.8) is 0 Å². The maximum atomic E-state index is 10.3. The van der Waals surface area contributed by atoms with Crippen molar-refractivity contribution in [1.82, 2.24) is 0 Å². The highest BCUT2D eigenvalue weighted by atomic mass is 16.6. The first-order chi connectivity index (χ1) is 14.1. The molecule has 1 aliphatic heterocycles. The van der Waals surface area contributed by atoms with Gasteiger partial charge in [0.1, 0.15) is 12.7 Å². The van der Waals surface area contributed by atoms with Crippen LogP contribution in [0.4, 0.5) is 0 Å². The molecule has 5 heteroatoms. The Labute approximate surface area is 176 Å². The predicted octanol–water partition coefficient (Wildman–Crippen LogP) is 6.00. The number of carbonyl (C=O) groups is 2. The number of aliphatic carboxylic acids is 1. The summed E-state index contributed by atoms with van der Waals surface area (Å²) < 4.78 is 9.42. The fourth-order valence-electron chi connectivity index (χ4n) is 2.49. The Kier molecular flexibility index (Phi) is 19.5. The summed E-state index contributed by atoms with van der Waals surface area (Å²) in [7, 11) is 0. The lowest BCUT2D eigenvalue weighted by atomic mass is 10.1. The number of ether oxygens (including phenoxy) is 2. The summed E-state index contributed by atoms with van der Waals surface area (Å²) in [6, 6.07) is 0. The highest BCUT2D eigenvalue weighted by Crippen LogP contribution is 2.09. The van der Waals surface area contributed by atoms with Crippen LogP contribution in [-0.4, -0.2) is 36.4 Å². The molecule has 0 saturated carbocycles. The van der Waals surface area contributed by atoms with Crippen LogP contribution in [0.25, 0.3) is 0 Å². The van der Waals surface area contributed by atoms with Gasteiger partial charge >= 0.3 is 11.9 Å². The lowest BCUT2D eigenvalue weighted by Crippen LogP contribution is -2.06. The standard InChI is InChI=1S/C18H32O2.C6H8O3/c1-2-3-4-5-6-7-8-9-10-11-12-13-14-15-16-17-18(19)20;1-2-6(7)9-4-5-3-8-5/h6-7,9-10H,2-5,8,11-17H2,1H3,(H,19,20);2,5H,1,3-4H2/b7-6-,10-9-;. The molecule has 0 spiro atoms. The molecule has 166 valence electrons. The SMILES string of the molecule is C=CC(=O)OCC1CO1.CCCCC/C=C\C/C=C\CCCCCCCC(=O)O. The lowest BCUT2D eigenvalue weighted by molar-refractivity contribution is -0.138. The van der Waals surface area contributed by atoms with Gasteiger partial charge < -0.3 is 14.6 Å². The van der Waals surface area contributed by atoms with Gasteiger partial charge in [-0.25, -0.2) is 4.79 Å². The second kappa shape index (κ2) is 20.8. The molecule has 0 aromatic heterocycles. The van der Waals surface area contributed by atoms with Crippen molar-refractivity contribution >= 4 is 11.9 Å². The van der Waals surface area contributed by atoms with E-state index in [0.717, 1.165) is 31.8 Å². The Morgan fingerprint density at radius 3 is 2.14 bits per heavy atom. The Hall–Kier alpha value is -1.88. The normalized spacial score (nSPS) is 15.1. The van der Waals surface area contributed by atoms with Crippen LogP contribution >= 0.6 is 0 Å². The minimum atomic E-state index is -0.671. The van der Waals surface area contributed by atoms with E-state index in [9.17, 15) is 9.59 Å². The maximum absolute atomic E-state index is 10.3. The van der Waals surface area contributed by atoms with Gasteiger partial charge in [0.15, 0.2) is 0 Å². The molecule has 1 unspecified atom stereocenters. The number of rotatable bonds is 17. The van der Waals surface area contributed by atoms with Crippen LogP contribution in [0.5, 0.6) is 0 Å². The van der Waals surface area contributed by atoms with E-state index in [0.29, 0.717) is 19.6 Å². The summed E-state index contributed by atoms with van der Waals surface area (Å²) in [5, 5.41) is 8.50. The summed E-state index contributed by atoms with van der Waals surface area (Å²) in [5.74, 6) is -1.05. The van der Waals surface area contributed by atoms with Crippen LogP contribution in [0.2, 0.25) is 0 Å². The first-order valence-corrected chi connectivity index (χ1v) is 11.0. The van der Waals surface area contributed by atoms with Crippen LogP contribution in [-0.2, 0) is 19.1 Å². The fourth-order valence-corrected chi connectivity index (χ4v) is 2.49. The van der Waals surface area contributed by atoms with Gasteiger partial charge in [-0.1, -0.05) is 69.9 Å². The van der Waals surface area contributed by atoms with Crippen LogP contribution in [0.3, 0.4) is 0 Å². The molecule has 0 aromatic carbocycles. The predicted molar refractivity (Wildman–Crippen MR) is 118 cm³/mol. The molecule has 1 fully saturated rings. The second-order valence-corrected chi connectivity index (χ2v) is 7.16. The summed E-state index contributed by atoms with van der Waals surface area (Å²) in [6.45, 7) is 6.56. The lowest BCUT2D eigenvalue weighted by Gasteiger charge is -1.98. The summed E-state index contributed by atoms with van der Waals surface area (Å²) in [5.41, 5.74) is 0. The monoisotopic (exact) mass is 408 g/mol. The first kappa shape index (κ1) is 27.1. The highest BCUT2D eigenvalue weighted by Gasteiger charge is 2.23. The van der Waals surface area contributed by atoms with Crippen molar-refractivity contribution in [1.29, 1.82) is 0 Å². The van der Waals surface area contributed by atoms with E-state index in [1.807, 2.05) is 0 Å². The fraction of sp³-hybridized carbons (Fsp3) is 0.667. The first-order valence-electron chi connectivity index (χ1n) is 11.0. The van der Waals surface area contributed by atoms with Gasteiger partial charge in [0.2, 0.25) is 0 Å².